The predicted octanol–water partition coefficient (Wildman–Crippen LogP) is 8.20. The summed E-state index contributed by atoms with van der Waals surface area (Å²) in [7, 11) is 0. The second-order valence-corrected chi connectivity index (χ2v) is 4.83. The molecule has 0 spiro atoms. The van der Waals surface area contributed by atoms with E-state index >= 15 is 0 Å². The minimum Gasteiger partial charge on any atom is -0.332 e. The van der Waals surface area contributed by atoms with E-state index in [2.05, 4.69) is 36.6 Å². The van der Waals surface area contributed by atoms with Gasteiger partial charge in [-0.05, 0) is 19.9 Å². The Morgan fingerprint density at radius 2 is 1.62 bits per heavy atom. The fourth-order valence-corrected chi connectivity index (χ4v) is 2.09. The van der Waals surface area contributed by atoms with Crippen LogP contribution in [0.4, 0.5) is 5.13 Å². The summed E-state index contributed by atoms with van der Waals surface area (Å²) in [6.07, 6.45) is 14.7. The van der Waals surface area contributed by atoms with E-state index in [9.17, 15) is 0 Å². The van der Waals surface area contributed by atoms with Crippen LogP contribution in [0.1, 0.15) is 47.2 Å². The molecule has 1 heterocycles. The Hall–Kier alpha value is -2.39. The van der Waals surface area contributed by atoms with E-state index in [1.807, 2.05) is 71.2 Å². The Morgan fingerprint density at radius 3 is 2.04 bits per heavy atom. The van der Waals surface area contributed by atoms with Crippen molar-refractivity contribution >= 4 is 22.0 Å². The summed E-state index contributed by atoms with van der Waals surface area (Å²) in [6.45, 7) is 26.3. The number of aromatic nitrogens is 1. The molecule has 1 N–H and O–H groups in total. The quantitative estimate of drug-likeness (QED) is 0.385. The smallest absolute Gasteiger partial charge is 0.187 e. The van der Waals surface area contributed by atoms with E-state index in [0.29, 0.717) is 0 Å². The van der Waals surface area contributed by atoms with Crippen molar-refractivity contribution in [2.24, 2.45) is 0 Å². The summed E-state index contributed by atoms with van der Waals surface area (Å²) >= 11 is 1.55. The van der Waals surface area contributed by atoms with Gasteiger partial charge in [-0.3, -0.25) is 0 Å². The molecule has 0 aliphatic heterocycles. The van der Waals surface area contributed by atoms with E-state index in [1.54, 1.807) is 35.6 Å². The number of thiazole rings is 1. The van der Waals surface area contributed by atoms with Crippen molar-refractivity contribution in [3.8, 4) is 0 Å². The molecule has 0 amide bonds. The van der Waals surface area contributed by atoms with Crippen LogP contribution in [0, 0.1) is 0 Å². The summed E-state index contributed by atoms with van der Waals surface area (Å²) in [6, 6.07) is 0. The molecule has 3 heteroatoms. The molecule has 0 aromatic carbocycles. The van der Waals surface area contributed by atoms with Crippen molar-refractivity contribution in [2.75, 3.05) is 5.32 Å². The lowest BCUT2D eigenvalue weighted by Crippen LogP contribution is -1.96. The first kappa shape index (κ1) is 28.4. The van der Waals surface area contributed by atoms with Crippen LogP contribution in [0.25, 0.3) is 5.57 Å². The number of hydrogen-bond acceptors (Lipinski definition) is 3. The molecule has 144 valence electrons. The number of nitrogens with zero attached hydrogens (tertiary/aromatic N) is 1. The van der Waals surface area contributed by atoms with Gasteiger partial charge < -0.3 is 5.32 Å². The van der Waals surface area contributed by atoms with Crippen molar-refractivity contribution in [1.82, 2.24) is 4.98 Å². The fraction of sp³-hybridized carbons (Fsp3) is 0.261. The third-order valence-electron chi connectivity index (χ3n) is 2.29. The van der Waals surface area contributed by atoms with Crippen LogP contribution in [0.5, 0.6) is 0 Å². The zero-order valence-corrected chi connectivity index (χ0v) is 18.2. The highest BCUT2D eigenvalue weighted by molar-refractivity contribution is 7.13. The number of nitrogens with one attached hydrogen (secondary N) is 1. The van der Waals surface area contributed by atoms with Gasteiger partial charge in [-0.15, -0.1) is 17.9 Å². The molecule has 26 heavy (non-hydrogen) atoms. The van der Waals surface area contributed by atoms with Gasteiger partial charge in [0.2, 0.25) is 0 Å². The van der Waals surface area contributed by atoms with Crippen LogP contribution in [0.15, 0.2) is 86.0 Å². The van der Waals surface area contributed by atoms with Gasteiger partial charge >= 0.3 is 0 Å². The Balaban J connectivity index is -0.000000663. The number of hydrogen-bond donors (Lipinski definition) is 1. The van der Waals surface area contributed by atoms with Crippen LogP contribution in [0.3, 0.4) is 0 Å². The minimum absolute atomic E-state index is 0.841. The zero-order valence-electron chi connectivity index (χ0n) is 17.4. The maximum atomic E-state index is 4.52. The van der Waals surface area contributed by atoms with E-state index in [4.69, 9.17) is 0 Å². The lowest BCUT2D eigenvalue weighted by Gasteiger charge is -2.02. The molecule has 0 unspecified atom stereocenters. The van der Waals surface area contributed by atoms with Gasteiger partial charge in [0.25, 0.3) is 0 Å². The normalized spacial score (nSPS) is 10.1. The molecule has 1 aromatic heterocycles. The lowest BCUT2D eigenvalue weighted by molar-refractivity contribution is 1.32. The average molecular weight is 373 g/mol. The first-order valence-electron chi connectivity index (χ1n) is 8.87. The molecule has 0 atom stereocenters. The molecule has 0 fully saturated rings. The van der Waals surface area contributed by atoms with Crippen molar-refractivity contribution < 1.29 is 0 Å². The van der Waals surface area contributed by atoms with Gasteiger partial charge in [0.05, 0.1) is 5.69 Å². The summed E-state index contributed by atoms with van der Waals surface area (Å²) in [5.74, 6) is 0. The molecule has 0 radical (unpaired) electrons. The second kappa shape index (κ2) is 22.6. The van der Waals surface area contributed by atoms with Gasteiger partial charge in [0.1, 0.15) is 0 Å². The highest BCUT2D eigenvalue weighted by Crippen LogP contribution is 2.23. The van der Waals surface area contributed by atoms with Gasteiger partial charge in [-0.2, -0.15) is 0 Å². The second-order valence-electron chi connectivity index (χ2n) is 3.97. The lowest BCUT2D eigenvalue weighted by atomic mass is 10.2. The van der Waals surface area contributed by atoms with Gasteiger partial charge in [-0.25, -0.2) is 4.98 Å². The maximum absolute atomic E-state index is 4.52. The van der Waals surface area contributed by atoms with Crippen LogP contribution in [0.2, 0.25) is 0 Å². The molecule has 0 aliphatic rings. The Labute approximate surface area is 165 Å². The van der Waals surface area contributed by atoms with Crippen molar-refractivity contribution in [3.05, 3.63) is 91.7 Å². The van der Waals surface area contributed by atoms with Crippen molar-refractivity contribution in [2.45, 2.75) is 41.5 Å². The molecule has 0 saturated heterocycles. The van der Waals surface area contributed by atoms with E-state index in [-0.39, 0.29) is 0 Å². The minimum atomic E-state index is 0.841. The standard InChI is InChI=1S/C16H18N2S.C3H6.2C2H6/c1-5-9-11-14(8-4)17-16-18-15(12-19-16)13(7-3)10-6-2;1-3-2;2*1-2/h5-12H,1-3H2,4H3,(H,17,18);3H,1H2,2H3;2*1-2H3/b11-9-,13-10+,14-8+;;;. The Morgan fingerprint density at radius 1 is 1.04 bits per heavy atom. The van der Waals surface area contributed by atoms with E-state index < -0.39 is 0 Å². The summed E-state index contributed by atoms with van der Waals surface area (Å²) < 4.78 is 0. The maximum Gasteiger partial charge on any atom is 0.187 e. The predicted molar refractivity (Wildman–Crippen MR) is 126 cm³/mol. The molecular weight excluding hydrogens is 336 g/mol. The molecule has 0 saturated carbocycles. The molecule has 1 aromatic rings. The van der Waals surface area contributed by atoms with E-state index in [1.165, 1.54) is 0 Å². The Bertz CT molecular complexity index is 587. The first-order valence-corrected chi connectivity index (χ1v) is 9.75. The summed E-state index contributed by atoms with van der Waals surface area (Å²) in [5.41, 5.74) is 2.84. The number of anilines is 1. The Kier molecular flexibility index (Phi) is 24.7. The fourth-order valence-electron chi connectivity index (χ4n) is 1.35. The average Bonchev–Trinajstić information content (AvgIpc) is 3.15. The monoisotopic (exact) mass is 372 g/mol. The molecular formula is C23H36N2S. The van der Waals surface area contributed by atoms with Crippen LogP contribution < -0.4 is 5.32 Å². The van der Waals surface area contributed by atoms with Crippen LogP contribution >= 0.6 is 11.3 Å². The largest absolute Gasteiger partial charge is 0.332 e. The molecule has 1 rings (SSSR count). The molecule has 0 bridgehead atoms. The SMILES string of the molecule is C=C/C=C\C(=C/C)Nc1nc(/C(C=C)=C/C=C)cs1.C=CC.CC.CC. The van der Waals surface area contributed by atoms with E-state index in [0.717, 1.165) is 22.1 Å². The topological polar surface area (TPSA) is 24.9 Å². The third kappa shape index (κ3) is 14.0. The van der Waals surface area contributed by atoms with Gasteiger partial charge in [0.15, 0.2) is 5.13 Å². The number of allylic oxidation sites excluding steroid dienone is 9. The van der Waals surface area contributed by atoms with Crippen molar-refractivity contribution in [3.63, 3.8) is 0 Å². The van der Waals surface area contributed by atoms with Gasteiger partial charge in [0, 0.05) is 16.7 Å². The summed E-state index contributed by atoms with van der Waals surface area (Å²) in [4.78, 5) is 4.52. The first-order chi connectivity index (χ1) is 12.7. The van der Waals surface area contributed by atoms with Gasteiger partial charge in [-0.1, -0.05) is 90.0 Å². The number of rotatable bonds is 7. The van der Waals surface area contributed by atoms with Crippen LogP contribution in [-0.2, 0) is 0 Å². The summed E-state index contributed by atoms with van der Waals surface area (Å²) in [5, 5.41) is 6.08. The molecule has 0 aliphatic carbocycles. The highest BCUT2D eigenvalue weighted by atomic mass is 32.1. The molecule has 2 nitrogen and oxygen atoms in total. The van der Waals surface area contributed by atoms with Crippen molar-refractivity contribution in [1.29, 1.82) is 0 Å². The van der Waals surface area contributed by atoms with Crippen LogP contribution in [-0.4, -0.2) is 4.98 Å². The zero-order chi connectivity index (χ0) is 20.8. The third-order valence-corrected chi connectivity index (χ3v) is 3.05. The highest BCUT2D eigenvalue weighted by Gasteiger charge is 2.04.